The maximum atomic E-state index is 14.1. The highest BCUT2D eigenvalue weighted by atomic mass is 19.1. The van der Waals surface area contributed by atoms with Crippen molar-refractivity contribution in [1.82, 2.24) is 4.90 Å². The fourth-order valence-corrected chi connectivity index (χ4v) is 4.28. The van der Waals surface area contributed by atoms with E-state index in [9.17, 15) is 9.18 Å². The van der Waals surface area contributed by atoms with Gasteiger partial charge in [-0.15, -0.1) is 0 Å². The van der Waals surface area contributed by atoms with Crippen molar-refractivity contribution in [3.8, 4) is 5.75 Å². The molecule has 2 heterocycles. The van der Waals surface area contributed by atoms with Crippen molar-refractivity contribution >= 4 is 5.91 Å². The molecule has 1 saturated heterocycles. The number of benzene rings is 1. The van der Waals surface area contributed by atoms with E-state index in [2.05, 4.69) is 0 Å². The Morgan fingerprint density at radius 2 is 2.00 bits per heavy atom. The van der Waals surface area contributed by atoms with Gasteiger partial charge in [-0.2, -0.15) is 0 Å². The Kier molecular flexibility index (Phi) is 4.22. The summed E-state index contributed by atoms with van der Waals surface area (Å²) in [6.45, 7) is 3.92. The van der Waals surface area contributed by atoms with Crippen LogP contribution in [-0.4, -0.2) is 41.8 Å². The molecule has 2 aliphatic heterocycles. The molecule has 1 unspecified atom stereocenters. The number of halogens is 1. The van der Waals surface area contributed by atoms with E-state index in [0.29, 0.717) is 52.0 Å². The van der Waals surface area contributed by atoms with Crippen molar-refractivity contribution in [1.29, 1.82) is 0 Å². The summed E-state index contributed by atoms with van der Waals surface area (Å²) in [6, 6.07) is 7.93. The van der Waals surface area contributed by atoms with Crippen molar-refractivity contribution in [3.05, 3.63) is 29.8 Å². The maximum Gasteiger partial charge on any atom is 0.226 e. The lowest BCUT2D eigenvalue weighted by Gasteiger charge is -2.36. The molecule has 0 aromatic heterocycles. The van der Waals surface area contributed by atoms with E-state index in [-0.39, 0.29) is 11.8 Å². The van der Waals surface area contributed by atoms with E-state index < -0.39 is 11.3 Å². The first-order valence-electron chi connectivity index (χ1n) is 9.29. The third-order valence-corrected chi connectivity index (χ3v) is 5.90. The molecule has 2 fully saturated rings. The first-order valence-corrected chi connectivity index (χ1v) is 9.29. The number of rotatable bonds is 1. The van der Waals surface area contributed by atoms with Crippen molar-refractivity contribution in [2.24, 2.45) is 5.92 Å². The number of carbonyl (C=O) groups is 1. The number of alkyl halides is 1. The van der Waals surface area contributed by atoms with Gasteiger partial charge in [0.15, 0.2) is 5.60 Å². The molecule has 1 spiro atoms. The van der Waals surface area contributed by atoms with Crippen LogP contribution in [0.2, 0.25) is 0 Å². The van der Waals surface area contributed by atoms with Gasteiger partial charge >= 0.3 is 0 Å². The molecular weight excluding hydrogens is 321 g/mol. The first-order chi connectivity index (χ1) is 12.0. The Labute approximate surface area is 148 Å². The molecule has 1 amide bonds. The van der Waals surface area contributed by atoms with Gasteiger partial charge in [-0.25, -0.2) is 4.39 Å². The number of carbonyl (C=O) groups excluding carboxylic acids is 1. The van der Waals surface area contributed by atoms with Crippen LogP contribution in [-0.2, 0) is 16.1 Å². The van der Waals surface area contributed by atoms with Gasteiger partial charge in [0, 0.05) is 24.4 Å². The van der Waals surface area contributed by atoms with Gasteiger partial charge in [-0.3, -0.25) is 4.79 Å². The maximum absolute atomic E-state index is 14.1. The van der Waals surface area contributed by atoms with E-state index >= 15 is 0 Å². The van der Waals surface area contributed by atoms with E-state index in [4.69, 9.17) is 9.47 Å². The zero-order valence-electron chi connectivity index (χ0n) is 14.8. The summed E-state index contributed by atoms with van der Waals surface area (Å²) in [4.78, 5) is 15.1. The fourth-order valence-electron chi connectivity index (χ4n) is 4.28. The highest BCUT2D eigenvalue weighted by molar-refractivity contribution is 5.79. The number of para-hydroxylation sites is 1. The largest absolute Gasteiger partial charge is 0.483 e. The Balaban J connectivity index is 1.57. The number of amides is 1. The normalized spacial score (nSPS) is 35.1. The summed E-state index contributed by atoms with van der Waals surface area (Å²) < 4.78 is 26.0. The molecule has 1 saturated carbocycles. The summed E-state index contributed by atoms with van der Waals surface area (Å²) in [5.74, 6) is 0.916. The minimum Gasteiger partial charge on any atom is -0.483 e. The first kappa shape index (κ1) is 16.8. The molecule has 136 valence electrons. The van der Waals surface area contributed by atoms with Crippen LogP contribution in [0.5, 0.6) is 5.75 Å². The van der Waals surface area contributed by atoms with Crippen LogP contribution >= 0.6 is 0 Å². The molecule has 4 rings (SSSR count). The standard InChI is InChI=1S/C20H26FNO3/c1-19(21)8-6-15(7-9-19)18(23)22-12-16-4-2-3-5-17(16)25-20(13-22)10-11-24-14-20/h2-5,15H,6-14H2,1H3. The van der Waals surface area contributed by atoms with Crippen LogP contribution in [0.3, 0.4) is 0 Å². The average molecular weight is 347 g/mol. The number of fused-ring (bicyclic) bond motifs is 1. The smallest absolute Gasteiger partial charge is 0.226 e. The fraction of sp³-hybridized carbons (Fsp3) is 0.650. The quantitative estimate of drug-likeness (QED) is 0.781. The monoisotopic (exact) mass is 347 g/mol. The Bertz CT molecular complexity index is 644. The van der Waals surface area contributed by atoms with E-state index in [1.165, 1.54) is 0 Å². The minimum absolute atomic E-state index is 0.0755. The predicted octanol–water partition coefficient (Wildman–Crippen LogP) is 3.49. The molecular formula is C20H26FNO3. The molecule has 0 bridgehead atoms. The zero-order valence-corrected chi connectivity index (χ0v) is 14.8. The van der Waals surface area contributed by atoms with Crippen molar-refractivity contribution < 1.29 is 18.7 Å². The second kappa shape index (κ2) is 6.27. The highest BCUT2D eigenvalue weighted by Gasteiger charge is 2.44. The van der Waals surface area contributed by atoms with Gasteiger partial charge in [-0.05, 0) is 38.7 Å². The molecule has 3 aliphatic rings. The van der Waals surface area contributed by atoms with Crippen LogP contribution in [0.4, 0.5) is 4.39 Å². The molecule has 1 aromatic carbocycles. The average Bonchev–Trinajstić information content (AvgIpc) is 2.96. The van der Waals surface area contributed by atoms with Gasteiger partial charge in [0.25, 0.3) is 0 Å². The summed E-state index contributed by atoms with van der Waals surface area (Å²) >= 11 is 0. The van der Waals surface area contributed by atoms with Crippen molar-refractivity contribution in [2.45, 2.75) is 56.8 Å². The number of ether oxygens (including phenoxy) is 2. The topological polar surface area (TPSA) is 38.8 Å². The number of hydrogen-bond acceptors (Lipinski definition) is 3. The summed E-state index contributed by atoms with van der Waals surface area (Å²) in [7, 11) is 0. The van der Waals surface area contributed by atoms with Gasteiger partial charge in [-0.1, -0.05) is 18.2 Å². The third kappa shape index (κ3) is 3.39. The molecule has 0 radical (unpaired) electrons. The Hall–Kier alpha value is -1.62. The van der Waals surface area contributed by atoms with E-state index in [0.717, 1.165) is 17.7 Å². The predicted molar refractivity (Wildman–Crippen MR) is 92.1 cm³/mol. The summed E-state index contributed by atoms with van der Waals surface area (Å²) in [5, 5.41) is 0. The third-order valence-electron chi connectivity index (χ3n) is 5.90. The minimum atomic E-state index is -1.12. The number of nitrogens with zero attached hydrogens (tertiary/aromatic N) is 1. The highest BCUT2D eigenvalue weighted by Crippen LogP contribution is 2.38. The van der Waals surface area contributed by atoms with Gasteiger partial charge in [0.1, 0.15) is 11.4 Å². The van der Waals surface area contributed by atoms with Crippen LogP contribution < -0.4 is 4.74 Å². The molecule has 4 nitrogen and oxygen atoms in total. The van der Waals surface area contributed by atoms with Crippen LogP contribution in [0.1, 0.15) is 44.6 Å². The molecule has 5 heteroatoms. The zero-order chi connectivity index (χ0) is 17.5. The van der Waals surface area contributed by atoms with Crippen molar-refractivity contribution in [2.75, 3.05) is 19.8 Å². The second-order valence-corrected chi connectivity index (χ2v) is 8.08. The van der Waals surface area contributed by atoms with Crippen LogP contribution in [0.25, 0.3) is 0 Å². The second-order valence-electron chi connectivity index (χ2n) is 8.08. The van der Waals surface area contributed by atoms with E-state index in [1.54, 1.807) is 6.92 Å². The molecule has 1 atom stereocenters. The van der Waals surface area contributed by atoms with Gasteiger partial charge in [0.05, 0.1) is 19.8 Å². The Morgan fingerprint density at radius 3 is 2.72 bits per heavy atom. The lowest BCUT2D eigenvalue weighted by Crippen LogP contribution is -2.50. The lowest BCUT2D eigenvalue weighted by molar-refractivity contribution is -0.140. The molecule has 25 heavy (non-hydrogen) atoms. The SMILES string of the molecule is CC1(F)CCC(C(=O)N2Cc3ccccc3OC3(CCOC3)C2)CC1. The summed E-state index contributed by atoms with van der Waals surface area (Å²) in [6.07, 6.45) is 3.00. The Morgan fingerprint density at radius 1 is 1.24 bits per heavy atom. The number of hydrogen-bond donors (Lipinski definition) is 0. The van der Waals surface area contributed by atoms with Gasteiger partial charge in [0.2, 0.25) is 5.91 Å². The molecule has 0 N–H and O–H groups in total. The molecule has 1 aliphatic carbocycles. The van der Waals surface area contributed by atoms with Crippen LogP contribution in [0, 0.1) is 5.92 Å². The van der Waals surface area contributed by atoms with Crippen molar-refractivity contribution in [3.63, 3.8) is 0 Å². The van der Waals surface area contributed by atoms with Gasteiger partial charge < -0.3 is 14.4 Å². The summed E-state index contributed by atoms with van der Waals surface area (Å²) in [5.41, 5.74) is -0.539. The van der Waals surface area contributed by atoms with E-state index in [1.807, 2.05) is 29.2 Å². The lowest BCUT2D eigenvalue weighted by atomic mass is 9.80. The molecule has 1 aromatic rings. The van der Waals surface area contributed by atoms with Crippen LogP contribution in [0.15, 0.2) is 24.3 Å².